The third kappa shape index (κ3) is 2.87. The number of nitrogens with zero attached hydrogens (tertiary/aromatic N) is 4. The SMILES string of the molecule is N#CC(=Cc1cccc(N=[N+]=[N-])c1)C(=O)O. The first-order valence-corrected chi connectivity index (χ1v) is 4.17. The summed E-state index contributed by atoms with van der Waals surface area (Å²) in [4.78, 5) is 13.2. The van der Waals surface area contributed by atoms with E-state index in [0.29, 0.717) is 11.3 Å². The number of carbonyl (C=O) groups is 1. The predicted molar refractivity (Wildman–Crippen MR) is 56.5 cm³/mol. The third-order valence-corrected chi connectivity index (χ3v) is 1.69. The molecule has 0 unspecified atom stereocenters. The number of azide groups is 1. The molecule has 0 amide bonds. The topological polar surface area (TPSA) is 110 Å². The van der Waals surface area contributed by atoms with Gasteiger partial charge in [0.05, 0.1) is 0 Å². The number of benzene rings is 1. The predicted octanol–water partition coefficient (Wildman–Crippen LogP) is 2.62. The van der Waals surface area contributed by atoms with Crippen molar-refractivity contribution in [1.82, 2.24) is 0 Å². The van der Waals surface area contributed by atoms with Crippen LogP contribution in [0.2, 0.25) is 0 Å². The number of hydrogen-bond donors (Lipinski definition) is 1. The quantitative estimate of drug-likeness (QED) is 0.274. The number of carboxylic acids is 1. The fourth-order valence-corrected chi connectivity index (χ4v) is 1.04. The van der Waals surface area contributed by atoms with Gasteiger partial charge in [-0.2, -0.15) is 5.26 Å². The van der Waals surface area contributed by atoms with E-state index in [-0.39, 0.29) is 5.57 Å². The van der Waals surface area contributed by atoms with Crippen LogP contribution in [0.3, 0.4) is 0 Å². The van der Waals surface area contributed by atoms with E-state index in [4.69, 9.17) is 15.9 Å². The van der Waals surface area contributed by atoms with Gasteiger partial charge < -0.3 is 5.11 Å². The summed E-state index contributed by atoms with van der Waals surface area (Å²) < 4.78 is 0. The normalized spacial score (nSPS) is 10.1. The van der Waals surface area contributed by atoms with Crippen molar-refractivity contribution in [2.75, 3.05) is 0 Å². The Labute approximate surface area is 90.7 Å². The fraction of sp³-hybridized carbons (Fsp3) is 0. The minimum atomic E-state index is -1.29. The third-order valence-electron chi connectivity index (χ3n) is 1.69. The Kier molecular flexibility index (Phi) is 3.67. The Hall–Kier alpha value is -2.77. The van der Waals surface area contributed by atoms with Crippen molar-refractivity contribution in [1.29, 1.82) is 5.26 Å². The van der Waals surface area contributed by atoms with E-state index in [2.05, 4.69) is 10.0 Å². The molecule has 6 nitrogen and oxygen atoms in total. The molecule has 1 rings (SSSR count). The molecule has 1 N–H and O–H groups in total. The minimum Gasteiger partial charge on any atom is -0.477 e. The maximum Gasteiger partial charge on any atom is 0.346 e. The summed E-state index contributed by atoms with van der Waals surface area (Å²) in [5, 5.41) is 20.6. The summed E-state index contributed by atoms with van der Waals surface area (Å²) in [6.45, 7) is 0. The maximum atomic E-state index is 10.6. The first-order valence-electron chi connectivity index (χ1n) is 4.17. The van der Waals surface area contributed by atoms with Crippen LogP contribution in [0.1, 0.15) is 5.56 Å². The van der Waals surface area contributed by atoms with Gasteiger partial charge >= 0.3 is 5.97 Å². The van der Waals surface area contributed by atoms with E-state index in [9.17, 15) is 4.79 Å². The van der Waals surface area contributed by atoms with Crippen molar-refractivity contribution in [3.8, 4) is 6.07 Å². The molecule has 0 aliphatic heterocycles. The largest absolute Gasteiger partial charge is 0.477 e. The zero-order chi connectivity index (χ0) is 12.0. The molecule has 0 aliphatic carbocycles. The van der Waals surface area contributed by atoms with Gasteiger partial charge in [-0.3, -0.25) is 0 Å². The van der Waals surface area contributed by atoms with Crippen LogP contribution >= 0.6 is 0 Å². The highest BCUT2D eigenvalue weighted by Gasteiger charge is 2.05. The summed E-state index contributed by atoms with van der Waals surface area (Å²) in [7, 11) is 0. The van der Waals surface area contributed by atoms with Crippen LogP contribution in [-0.4, -0.2) is 11.1 Å². The van der Waals surface area contributed by atoms with Crippen LogP contribution in [0.15, 0.2) is 35.0 Å². The summed E-state index contributed by atoms with van der Waals surface area (Å²) in [6.07, 6.45) is 1.21. The summed E-state index contributed by atoms with van der Waals surface area (Å²) in [5.41, 5.74) is 8.70. The van der Waals surface area contributed by atoms with Crippen LogP contribution in [-0.2, 0) is 4.79 Å². The molecule has 0 bridgehead atoms. The molecule has 0 fully saturated rings. The Morgan fingerprint density at radius 3 is 2.94 bits per heavy atom. The lowest BCUT2D eigenvalue weighted by atomic mass is 10.1. The molecule has 6 heteroatoms. The Morgan fingerprint density at radius 1 is 1.62 bits per heavy atom. The first-order chi connectivity index (χ1) is 7.67. The Balaban J connectivity index is 3.15. The van der Waals surface area contributed by atoms with Crippen molar-refractivity contribution in [2.24, 2.45) is 5.11 Å². The van der Waals surface area contributed by atoms with Crippen molar-refractivity contribution < 1.29 is 9.90 Å². The number of hydrogen-bond acceptors (Lipinski definition) is 3. The van der Waals surface area contributed by atoms with Gasteiger partial charge in [-0.15, -0.1) is 0 Å². The van der Waals surface area contributed by atoms with Crippen LogP contribution in [0.4, 0.5) is 5.69 Å². The molecule has 16 heavy (non-hydrogen) atoms. The van der Waals surface area contributed by atoms with Gasteiger partial charge in [0.2, 0.25) is 0 Å². The smallest absolute Gasteiger partial charge is 0.346 e. The minimum absolute atomic E-state index is 0.360. The molecular formula is C10H6N4O2. The Bertz CT molecular complexity index is 536. The number of rotatable bonds is 3. The molecule has 0 saturated heterocycles. The lowest BCUT2D eigenvalue weighted by Gasteiger charge is -1.95. The summed E-state index contributed by atoms with van der Waals surface area (Å²) in [5.74, 6) is -1.29. The fourth-order valence-electron chi connectivity index (χ4n) is 1.04. The van der Waals surface area contributed by atoms with E-state index in [1.807, 2.05) is 0 Å². The molecule has 0 radical (unpaired) electrons. The zero-order valence-corrected chi connectivity index (χ0v) is 8.03. The van der Waals surface area contributed by atoms with Gasteiger partial charge in [-0.05, 0) is 23.2 Å². The average molecular weight is 214 g/mol. The van der Waals surface area contributed by atoms with E-state index in [1.165, 1.54) is 12.1 Å². The van der Waals surface area contributed by atoms with Crippen LogP contribution in [0.5, 0.6) is 0 Å². The molecule has 0 aromatic heterocycles. The van der Waals surface area contributed by atoms with Crippen LogP contribution in [0, 0.1) is 11.3 Å². The zero-order valence-electron chi connectivity index (χ0n) is 8.03. The second kappa shape index (κ2) is 5.20. The number of aliphatic carboxylic acids is 1. The molecule has 1 aromatic rings. The highest BCUT2D eigenvalue weighted by Crippen LogP contribution is 2.16. The van der Waals surface area contributed by atoms with Crippen LogP contribution in [0.25, 0.3) is 16.5 Å². The summed E-state index contributed by atoms with van der Waals surface area (Å²) >= 11 is 0. The average Bonchev–Trinajstić information content (AvgIpc) is 2.26. The number of nitriles is 1. The molecule has 78 valence electrons. The van der Waals surface area contributed by atoms with Gasteiger partial charge in [-0.25, -0.2) is 4.79 Å². The van der Waals surface area contributed by atoms with E-state index >= 15 is 0 Å². The lowest BCUT2D eigenvalue weighted by molar-refractivity contribution is -0.132. The summed E-state index contributed by atoms with van der Waals surface area (Å²) in [6, 6.07) is 7.83. The maximum absolute atomic E-state index is 10.6. The van der Waals surface area contributed by atoms with E-state index in [1.54, 1.807) is 24.3 Å². The first kappa shape index (κ1) is 11.3. The van der Waals surface area contributed by atoms with Crippen molar-refractivity contribution in [3.63, 3.8) is 0 Å². The van der Waals surface area contributed by atoms with Gasteiger partial charge in [-0.1, -0.05) is 23.3 Å². The molecule has 0 heterocycles. The highest BCUT2D eigenvalue weighted by atomic mass is 16.4. The molecule has 1 aromatic carbocycles. The second-order valence-electron chi connectivity index (χ2n) is 2.76. The van der Waals surface area contributed by atoms with Gasteiger partial charge in [0.1, 0.15) is 11.6 Å². The standard InChI is InChI=1S/C10H6N4O2/c11-6-8(10(15)16)4-7-2-1-3-9(5-7)13-14-12/h1-5H,(H,15,16). The monoisotopic (exact) mass is 214 g/mol. The van der Waals surface area contributed by atoms with Gasteiger partial charge in [0.15, 0.2) is 0 Å². The van der Waals surface area contributed by atoms with Crippen molar-refractivity contribution in [3.05, 3.63) is 45.8 Å². The van der Waals surface area contributed by atoms with E-state index < -0.39 is 5.97 Å². The molecule has 0 atom stereocenters. The Morgan fingerprint density at radius 2 is 2.38 bits per heavy atom. The highest BCUT2D eigenvalue weighted by molar-refractivity contribution is 5.96. The number of carboxylic acid groups (broad SMARTS) is 1. The van der Waals surface area contributed by atoms with Crippen molar-refractivity contribution in [2.45, 2.75) is 0 Å². The lowest BCUT2D eigenvalue weighted by Crippen LogP contribution is -1.97. The molecule has 0 spiro atoms. The van der Waals surface area contributed by atoms with Gasteiger partial charge in [0.25, 0.3) is 0 Å². The molecule has 0 saturated carbocycles. The molecule has 0 aliphatic rings. The van der Waals surface area contributed by atoms with Crippen LogP contribution < -0.4 is 0 Å². The van der Waals surface area contributed by atoms with Crippen molar-refractivity contribution >= 4 is 17.7 Å². The second-order valence-corrected chi connectivity index (χ2v) is 2.76. The van der Waals surface area contributed by atoms with Gasteiger partial charge in [0, 0.05) is 10.6 Å². The molecular weight excluding hydrogens is 208 g/mol. The van der Waals surface area contributed by atoms with E-state index in [0.717, 1.165) is 0 Å².